The second-order valence-electron chi connectivity index (χ2n) is 4.14. The first-order valence-electron chi connectivity index (χ1n) is 5.69. The van der Waals surface area contributed by atoms with Crippen molar-refractivity contribution in [3.8, 4) is 0 Å². The Kier molecular flexibility index (Phi) is 4.46. The molecule has 0 aliphatic carbocycles. The number of nitro benzene ring substituents is 1. The van der Waals surface area contributed by atoms with Gasteiger partial charge in [-0.2, -0.15) is 0 Å². The molecule has 2 aromatic rings. The summed E-state index contributed by atoms with van der Waals surface area (Å²) < 4.78 is 39.3. The van der Waals surface area contributed by atoms with Crippen molar-refractivity contribution in [1.29, 1.82) is 0 Å². The van der Waals surface area contributed by atoms with Crippen LogP contribution in [0.5, 0.6) is 0 Å². The third-order valence-electron chi connectivity index (χ3n) is 2.70. The predicted octanol–water partition coefficient (Wildman–Crippen LogP) is 4.39. The van der Waals surface area contributed by atoms with Gasteiger partial charge >= 0.3 is 0 Å². The summed E-state index contributed by atoms with van der Waals surface area (Å²) in [6.45, 7) is -0.0148. The number of halogens is 4. The molecule has 110 valence electrons. The number of nitro groups is 1. The van der Waals surface area contributed by atoms with Crippen LogP contribution in [0, 0.1) is 27.6 Å². The molecule has 0 spiro atoms. The van der Waals surface area contributed by atoms with Gasteiger partial charge in [-0.05, 0) is 33.6 Å². The number of benzene rings is 2. The molecule has 0 radical (unpaired) electrons. The highest BCUT2D eigenvalue weighted by molar-refractivity contribution is 9.10. The van der Waals surface area contributed by atoms with Gasteiger partial charge in [0.15, 0.2) is 11.6 Å². The molecule has 0 heterocycles. The van der Waals surface area contributed by atoms with Crippen molar-refractivity contribution in [2.75, 3.05) is 5.32 Å². The zero-order valence-electron chi connectivity index (χ0n) is 10.4. The lowest BCUT2D eigenvalue weighted by Gasteiger charge is -2.08. The third kappa shape index (κ3) is 3.52. The Hall–Kier alpha value is -2.09. The van der Waals surface area contributed by atoms with E-state index in [0.29, 0.717) is 5.56 Å². The maximum absolute atomic E-state index is 13.4. The van der Waals surface area contributed by atoms with Crippen LogP contribution in [0.3, 0.4) is 0 Å². The number of anilines is 1. The molecule has 0 saturated heterocycles. The van der Waals surface area contributed by atoms with Gasteiger partial charge in [-0.1, -0.05) is 6.07 Å². The lowest BCUT2D eigenvalue weighted by molar-refractivity contribution is -0.384. The van der Waals surface area contributed by atoms with Gasteiger partial charge < -0.3 is 5.32 Å². The first kappa shape index (κ1) is 15.3. The number of rotatable bonds is 4. The van der Waals surface area contributed by atoms with E-state index in [1.54, 1.807) is 0 Å². The van der Waals surface area contributed by atoms with Gasteiger partial charge in [-0.3, -0.25) is 10.1 Å². The van der Waals surface area contributed by atoms with Gasteiger partial charge in [-0.15, -0.1) is 0 Å². The summed E-state index contributed by atoms with van der Waals surface area (Å²) in [5.74, 6) is -2.68. The van der Waals surface area contributed by atoms with Gasteiger partial charge in [0.1, 0.15) is 11.5 Å². The Morgan fingerprint density at radius 2 is 1.81 bits per heavy atom. The van der Waals surface area contributed by atoms with Crippen molar-refractivity contribution < 1.29 is 18.1 Å². The topological polar surface area (TPSA) is 55.2 Å². The Balaban J connectivity index is 2.24. The second-order valence-corrected chi connectivity index (χ2v) is 5.00. The molecule has 0 saturated carbocycles. The largest absolute Gasteiger partial charge is 0.375 e. The quantitative estimate of drug-likeness (QED) is 0.649. The monoisotopic (exact) mass is 360 g/mol. The van der Waals surface area contributed by atoms with Crippen molar-refractivity contribution >= 4 is 27.3 Å². The fraction of sp³-hybridized carbons (Fsp3) is 0.0769. The predicted molar refractivity (Wildman–Crippen MR) is 74.4 cm³/mol. The first-order valence-corrected chi connectivity index (χ1v) is 6.49. The fourth-order valence-electron chi connectivity index (χ4n) is 1.68. The Labute approximate surface area is 125 Å². The number of nitrogens with zero attached hydrogens (tertiary/aromatic N) is 1. The molecular formula is C13H8BrF3N2O2. The van der Waals surface area contributed by atoms with Crippen molar-refractivity contribution in [2.24, 2.45) is 0 Å². The minimum absolute atomic E-state index is 0.0148. The number of nitrogens with one attached hydrogen (secondary N) is 1. The average Bonchev–Trinajstić information content (AvgIpc) is 2.43. The van der Waals surface area contributed by atoms with Gasteiger partial charge in [0.05, 0.1) is 9.40 Å². The van der Waals surface area contributed by atoms with Crippen LogP contribution in [0.15, 0.2) is 34.8 Å². The van der Waals surface area contributed by atoms with Gasteiger partial charge in [0, 0.05) is 18.7 Å². The molecule has 8 heteroatoms. The zero-order valence-corrected chi connectivity index (χ0v) is 12.0. The van der Waals surface area contributed by atoms with E-state index in [0.717, 1.165) is 24.3 Å². The molecule has 2 aromatic carbocycles. The molecule has 1 N–H and O–H groups in total. The van der Waals surface area contributed by atoms with Crippen LogP contribution in [0.2, 0.25) is 0 Å². The molecule has 0 bridgehead atoms. The van der Waals surface area contributed by atoms with Gasteiger partial charge in [0.25, 0.3) is 5.69 Å². The van der Waals surface area contributed by atoms with Crippen LogP contribution in [0.1, 0.15) is 5.56 Å². The van der Waals surface area contributed by atoms with E-state index < -0.39 is 22.4 Å². The zero-order chi connectivity index (χ0) is 15.6. The summed E-state index contributed by atoms with van der Waals surface area (Å²) in [4.78, 5) is 10.2. The van der Waals surface area contributed by atoms with E-state index in [1.165, 1.54) is 6.07 Å². The molecule has 0 fully saturated rings. The minimum Gasteiger partial charge on any atom is -0.375 e. The minimum atomic E-state index is -1.02. The molecule has 0 unspecified atom stereocenters. The van der Waals surface area contributed by atoms with Crippen LogP contribution < -0.4 is 5.32 Å². The van der Waals surface area contributed by atoms with E-state index in [9.17, 15) is 23.3 Å². The van der Waals surface area contributed by atoms with E-state index in [2.05, 4.69) is 21.2 Å². The van der Waals surface area contributed by atoms with Crippen molar-refractivity contribution in [3.05, 3.63) is 67.9 Å². The van der Waals surface area contributed by atoms with Crippen LogP contribution in [-0.2, 0) is 6.54 Å². The SMILES string of the molecule is O=[N+]([O-])c1cc(Br)c(F)cc1NCc1ccc(F)c(F)c1. The summed E-state index contributed by atoms with van der Waals surface area (Å²) in [6, 6.07) is 5.23. The number of hydrogen-bond donors (Lipinski definition) is 1. The maximum atomic E-state index is 13.4. The van der Waals surface area contributed by atoms with Crippen LogP contribution in [0.25, 0.3) is 0 Å². The van der Waals surface area contributed by atoms with E-state index in [1.807, 2.05) is 0 Å². The van der Waals surface area contributed by atoms with Crippen molar-refractivity contribution in [2.45, 2.75) is 6.54 Å². The highest BCUT2D eigenvalue weighted by Gasteiger charge is 2.17. The van der Waals surface area contributed by atoms with E-state index >= 15 is 0 Å². The molecule has 0 atom stereocenters. The van der Waals surface area contributed by atoms with Crippen molar-refractivity contribution in [3.63, 3.8) is 0 Å². The van der Waals surface area contributed by atoms with Crippen LogP contribution in [0.4, 0.5) is 24.5 Å². The summed E-state index contributed by atoms with van der Waals surface area (Å²) in [7, 11) is 0. The molecule has 2 rings (SSSR count). The van der Waals surface area contributed by atoms with Gasteiger partial charge in [-0.25, -0.2) is 13.2 Å². The maximum Gasteiger partial charge on any atom is 0.293 e. The average molecular weight is 361 g/mol. The molecule has 21 heavy (non-hydrogen) atoms. The summed E-state index contributed by atoms with van der Waals surface area (Å²) in [5, 5.41) is 13.5. The fourth-order valence-corrected chi connectivity index (χ4v) is 2.01. The van der Waals surface area contributed by atoms with Crippen molar-refractivity contribution in [1.82, 2.24) is 0 Å². The summed E-state index contributed by atoms with van der Waals surface area (Å²) >= 11 is 2.86. The lowest BCUT2D eigenvalue weighted by atomic mass is 10.2. The van der Waals surface area contributed by atoms with E-state index in [4.69, 9.17) is 0 Å². The lowest BCUT2D eigenvalue weighted by Crippen LogP contribution is -2.04. The summed E-state index contributed by atoms with van der Waals surface area (Å²) in [5.41, 5.74) is -0.0113. The second kappa shape index (κ2) is 6.13. The number of hydrogen-bond acceptors (Lipinski definition) is 3. The molecule has 4 nitrogen and oxygen atoms in total. The highest BCUT2D eigenvalue weighted by atomic mass is 79.9. The normalized spacial score (nSPS) is 10.5. The van der Waals surface area contributed by atoms with Gasteiger partial charge in [0.2, 0.25) is 0 Å². The third-order valence-corrected chi connectivity index (χ3v) is 3.31. The molecular weight excluding hydrogens is 353 g/mol. The van der Waals surface area contributed by atoms with Crippen LogP contribution in [-0.4, -0.2) is 4.92 Å². The Morgan fingerprint density at radius 1 is 1.10 bits per heavy atom. The molecule has 0 amide bonds. The highest BCUT2D eigenvalue weighted by Crippen LogP contribution is 2.30. The van der Waals surface area contributed by atoms with Crippen LogP contribution >= 0.6 is 15.9 Å². The van der Waals surface area contributed by atoms with E-state index in [-0.39, 0.29) is 22.4 Å². The smallest absolute Gasteiger partial charge is 0.293 e. The summed E-state index contributed by atoms with van der Waals surface area (Å²) in [6.07, 6.45) is 0. The standard InChI is InChI=1S/C13H8BrF3N2O2/c14-8-4-13(19(20)21)12(5-10(8)16)18-6-7-1-2-9(15)11(17)3-7/h1-5,18H,6H2. The Bertz CT molecular complexity index is 710. The Morgan fingerprint density at radius 3 is 2.43 bits per heavy atom. The molecule has 0 aromatic heterocycles. The molecule has 0 aliphatic rings. The molecule has 0 aliphatic heterocycles. The first-order chi connectivity index (χ1) is 9.88.